The lowest BCUT2D eigenvalue weighted by atomic mass is 10.0. The molecule has 162 valence electrons. The van der Waals surface area contributed by atoms with Gasteiger partial charge in [-0.05, 0) is 48.2 Å². The van der Waals surface area contributed by atoms with Gasteiger partial charge >= 0.3 is 5.97 Å². The van der Waals surface area contributed by atoms with E-state index in [9.17, 15) is 9.59 Å². The number of nitrogens with one attached hydrogen (secondary N) is 2. The Bertz CT molecular complexity index is 1190. The number of aromatic nitrogens is 2. The lowest BCUT2D eigenvalue weighted by Crippen LogP contribution is -2.29. The molecule has 2 heterocycles. The second-order valence-electron chi connectivity index (χ2n) is 7.11. The number of anilines is 1. The molecule has 2 unspecified atom stereocenters. The number of aromatic carboxylic acids is 1. The van der Waals surface area contributed by atoms with Crippen molar-refractivity contribution in [2.24, 2.45) is 0 Å². The maximum Gasteiger partial charge on any atom is 0.335 e. The molecule has 7 nitrogen and oxygen atoms in total. The summed E-state index contributed by atoms with van der Waals surface area (Å²) in [6.45, 7) is 1.68. The van der Waals surface area contributed by atoms with E-state index in [1.54, 1.807) is 36.6 Å². The van der Waals surface area contributed by atoms with Gasteiger partial charge in [0.1, 0.15) is 17.9 Å². The molecule has 0 saturated carbocycles. The largest absolute Gasteiger partial charge is 0.478 e. The van der Waals surface area contributed by atoms with Crippen LogP contribution in [0.5, 0.6) is 0 Å². The second-order valence-corrected chi connectivity index (χ2v) is 8.05. The lowest BCUT2D eigenvalue weighted by Gasteiger charge is -2.22. The van der Waals surface area contributed by atoms with Gasteiger partial charge in [-0.1, -0.05) is 36.4 Å². The molecule has 0 bridgehead atoms. The van der Waals surface area contributed by atoms with Crippen molar-refractivity contribution in [1.29, 1.82) is 0 Å². The lowest BCUT2D eigenvalue weighted by molar-refractivity contribution is -0.128. The highest BCUT2D eigenvalue weighted by Crippen LogP contribution is 2.35. The van der Waals surface area contributed by atoms with E-state index in [-0.39, 0.29) is 11.5 Å². The van der Waals surface area contributed by atoms with Gasteiger partial charge in [0, 0.05) is 17.4 Å². The van der Waals surface area contributed by atoms with Crippen LogP contribution >= 0.6 is 11.3 Å². The molecule has 0 aliphatic carbocycles. The quantitative estimate of drug-likeness (QED) is 0.354. The van der Waals surface area contributed by atoms with Gasteiger partial charge in [-0.2, -0.15) is 5.10 Å². The van der Waals surface area contributed by atoms with E-state index in [1.807, 2.05) is 47.8 Å². The molecule has 0 radical (unpaired) electrons. The summed E-state index contributed by atoms with van der Waals surface area (Å²) in [6.07, 6.45) is 0.495. The molecular formula is C24H21N3O4S. The number of aromatic amines is 1. The Balaban J connectivity index is 1.56. The van der Waals surface area contributed by atoms with E-state index >= 15 is 0 Å². The fourth-order valence-electron chi connectivity index (χ4n) is 3.28. The number of rotatable bonds is 8. The van der Waals surface area contributed by atoms with E-state index < -0.39 is 18.2 Å². The third-order valence-electron chi connectivity index (χ3n) is 4.92. The van der Waals surface area contributed by atoms with Gasteiger partial charge in [0.25, 0.3) is 5.91 Å². The molecule has 0 aliphatic rings. The maximum atomic E-state index is 12.8. The predicted molar refractivity (Wildman–Crippen MR) is 123 cm³/mol. The molecular weight excluding hydrogens is 426 g/mol. The third-order valence-corrected chi connectivity index (χ3v) is 5.79. The molecule has 32 heavy (non-hydrogen) atoms. The number of carbonyl (C=O) groups is 2. The highest BCUT2D eigenvalue weighted by atomic mass is 32.1. The van der Waals surface area contributed by atoms with Gasteiger partial charge in [-0.3, -0.25) is 9.89 Å². The summed E-state index contributed by atoms with van der Waals surface area (Å²) < 4.78 is 6.25. The molecule has 0 spiro atoms. The van der Waals surface area contributed by atoms with E-state index in [0.717, 1.165) is 21.7 Å². The number of amides is 1. The van der Waals surface area contributed by atoms with Gasteiger partial charge in [0.05, 0.1) is 10.4 Å². The Morgan fingerprint density at radius 3 is 2.47 bits per heavy atom. The highest BCUT2D eigenvalue weighted by Gasteiger charge is 2.26. The Kier molecular flexibility index (Phi) is 6.44. The summed E-state index contributed by atoms with van der Waals surface area (Å²) in [7, 11) is 0. The summed E-state index contributed by atoms with van der Waals surface area (Å²) >= 11 is 1.58. The number of carboxylic acid groups (broad SMARTS) is 1. The van der Waals surface area contributed by atoms with Gasteiger partial charge in [0.2, 0.25) is 0 Å². The monoisotopic (exact) mass is 447 g/mol. The smallest absolute Gasteiger partial charge is 0.335 e. The molecule has 8 heteroatoms. The molecule has 1 amide bonds. The molecule has 4 rings (SSSR count). The van der Waals surface area contributed by atoms with Crippen LogP contribution in [0.4, 0.5) is 5.69 Å². The first kappa shape index (κ1) is 21.5. The molecule has 0 saturated heterocycles. The molecule has 2 atom stereocenters. The first-order chi connectivity index (χ1) is 15.5. The topological polar surface area (TPSA) is 104 Å². The fraction of sp³-hybridized carbons (Fsp3) is 0.125. The van der Waals surface area contributed by atoms with Gasteiger partial charge in [-0.15, -0.1) is 11.3 Å². The van der Waals surface area contributed by atoms with Crippen LogP contribution in [0, 0.1) is 0 Å². The van der Waals surface area contributed by atoms with Crippen molar-refractivity contribution in [3.63, 3.8) is 0 Å². The maximum absolute atomic E-state index is 12.8. The van der Waals surface area contributed by atoms with Crippen LogP contribution in [0.25, 0.3) is 10.6 Å². The molecule has 0 aliphatic heterocycles. The molecule has 2 aromatic heterocycles. The van der Waals surface area contributed by atoms with Crippen LogP contribution in [-0.2, 0) is 9.53 Å². The summed E-state index contributed by atoms with van der Waals surface area (Å²) in [6, 6.07) is 19.6. The third kappa shape index (κ3) is 4.77. The zero-order valence-corrected chi connectivity index (χ0v) is 18.0. The van der Waals surface area contributed by atoms with Crippen LogP contribution in [0.3, 0.4) is 0 Å². The normalized spacial score (nSPS) is 12.8. The number of hydrogen-bond donors (Lipinski definition) is 3. The standard InChI is InChI=1S/C24H21N3O4S/c1-15(23(28)26-18-11-9-17(10-12-18)24(29)30)31-22(16-6-3-2-4-7-16)19-14-25-27-21(19)20-8-5-13-32-20/h2-15,22H,1H3,(H,25,27)(H,26,28)(H,29,30). The van der Waals surface area contributed by atoms with Crippen molar-refractivity contribution < 1.29 is 19.4 Å². The number of benzene rings is 2. The van der Waals surface area contributed by atoms with Gasteiger partial charge in [0.15, 0.2) is 0 Å². The summed E-state index contributed by atoms with van der Waals surface area (Å²) in [5.41, 5.74) is 3.17. The minimum atomic E-state index is -1.02. The molecule has 3 N–H and O–H groups in total. The van der Waals surface area contributed by atoms with Crippen molar-refractivity contribution in [3.05, 3.63) is 95.0 Å². The second kappa shape index (κ2) is 9.59. The van der Waals surface area contributed by atoms with Crippen LogP contribution in [0.1, 0.15) is 34.5 Å². The zero-order valence-electron chi connectivity index (χ0n) is 17.2. The summed E-state index contributed by atoms with van der Waals surface area (Å²) in [5, 5.41) is 21.1. The van der Waals surface area contributed by atoms with E-state index in [1.165, 1.54) is 12.1 Å². The Labute approximate surface area is 188 Å². The van der Waals surface area contributed by atoms with Crippen molar-refractivity contribution >= 4 is 28.9 Å². The van der Waals surface area contributed by atoms with E-state index in [0.29, 0.717) is 5.69 Å². The molecule has 4 aromatic rings. The fourth-order valence-corrected chi connectivity index (χ4v) is 4.01. The van der Waals surface area contributed by atoms with Gasteiger partial charge in [-0.25, -0.2) is 4.79 Å². The van der Waals surface area contributed by atoms with E-state index in [2.05, 4.69) is 15.5 Å². The number of thiophene rings is 1. The first-order valence-corrected chi connectivity index (χ1v) is 10.8. The zero-order chi connectivity index (χ0) is 22.5. The summed E-state index contributed by atoms with van der Waals surface area (Å²) in [4.78, 5) is 24.8. The van der Waals surface area contributed by atoms with Crippen molar-refractivity contribution in [2.45, 2.75) is 19.1 Å². The number of hydrogen-bond acceptors (Lipinski definition) is 5. The predicted octanol–water partition coefficient (Wildman–Crippen LogP) is 4.97. The van der Waals surface area contributed by atoms with Crippen molar-refractivity contribution in [3.8, 4) is 10.6 Å². The average molecular weight is 448 g/mol. The number of carboxylic acids is 1. The van der Waals surface area contributed by atoms with Crippen LogP contribution < -0.4 is 5.32 Å². The highest BCUT2D eigenvalue weighted by molar-refractivity contribution is 7.13. The van der Waals surface area contributed by atoms with Crippen molar-refractivity contribution in [2.75, 3.05) is 5.32 Å². The Morgan fingerprint density at radius 1 is 1.06 bits per heavy atom. The van der Waals surface area contributed by atoms with Gasteiger partial charge < -0.3 is 15.2 Å². The van der Waals surface area contributed by atoms with Crippen molar-refractivity contribution in [1.82, 2.24) is 10.2 Å². The van der Waals surface area contributed by atoms with Crippen LogP contribution in [0.15, 0.2) is 78.3 Å². The van der Waals surface area contributed by atoms with Crippen LogP contribution in [-0.4, -0.2) is 33.3 Å². The Morgan fingerprint density at radius 2 is 1.81 bits per heavy atom. The SMILES string of the molecule is CC(OC(c1ccccc1)c1c[nH]nc1-c1cccs1)C(=O)Nc1ccc(C(=O)O)cc1. The Hall–Kier alpha value is -3.75. The number of carbonyl (C=O) groups excluding carboxylic acids is 1. The average Bonchev–Trinajstić information content (AvgIpc) is 3.50. The number of nitrogens with zero attached hydrogens (tertiary/aromatic N) is 1. The minimum Gasteiger partial charge on any atom is -0.478 e. The number of H-pyrrole nitrogens is 1. The van der Waals surface area contributed by atoms with Crippen LogP contribution in [0.2, 0.25) is 0 Å². The first-order valence-electron chi connectivity index (χ1n) is 9.95. The molecule has 2 aromatic carbocycles. The summed E-state index contributed by atoms with van der Waals surface area (Å²) in [5.74, 6) is -1.36. The molecule has 0 fully saturated rings. The number of ether oxygens (including phenoxy) is 1. The minimum absolute atomic E-state index is 0.150. The van der Waals surface area contributed by atoms with E-state index in [4.69, 9.17) is 9.84 Å².